The van der Waals surface area contributed by atoms with Gasteiger partial charge in [0, 0.05) is 60.1 Å². The van der Waals surface area contributed by atoms with Crippen LogP contribution in [0.4, 0.5) is 45.5 Å². The maximum atomic E-state index is 2.87. The number of benzene rings is 7. The van der Waals surface area contributed by atoms with Crippen LogP contribution in [0.15, 0.2) is 127 Å². The lowest BCUT2D eigenvalue weighted by Gasteiger charge is -2.51. The van der Waals surface area contributed by atoms with Crippen molar-refractivity contribution >= 4 is 89.3 Å². The van der Waals surface area contributed by atoms with E-state index in [2.05, 4.69) is 260 Å². The van der Waals surface area contributed by atoms with Crippen molar-refractivity contribution < 1.29 is 0 Å². The molecule has 6 aliphatic rings. The van der Waals surface area contributed by atoms with E-state index < -0.39 is 0 Å². The van der Waals surface area contributed by atoms with E-state index in [0.29, 0.717) is 0 Å². The second-order valence-electron chi connectivity index (χ2n) is 31.5. The molecule has 1 aromatic heterocycles. The Balaban J connectivity index is 1.15. The molecule has 7 aromatic carbocycles. The fraction of sp³-hybridized carbons (Fsp3) is 0.429. The van der Waals surface area contributed by atoms with Crippen molar-refractivity contribution in [3.63, 3.8) is 0 Å². The minimum absolute atomic E-state index is 0.00941. The molecule has 14 rings (SSSR count). The summed E-state index contributed by atoms with van der Waals surface area (Å²) in [6, 6.07) is 51.9. The molecule has 3 aliphatic carbocycles. The van der Waals surface area contributed by atoms with Gasteiger partial charge in [-0.2, -0.15) is 0 Å². The van der Waals surface area contributed by atoms with E-state index in [1.165, 1.54) is 165 Å². The summed E-state index contributed by atoms with van der Waals surface area (Å²) in [5.74, 6) is 0. The highest BCUT2D eigenvalue weighted by Gasteiger charge is 2.59. The van der Waals surface area contributed by atoms with Gasteiger partial charge in [-0.05, 0) is 212 Å². The lowest BCUT2D eigenvalue weighted by Crippen LogP contribution is -2.61. The normalized spacial score (nSPS) is 22.5. The van der Waals surface area contributed by atoms with Crippen LogP contribution in [-0.2, 0) is 37.9 Å². The van der Waals surface area contributed by atoms with Crippen LogP contribution < -0.4 is 30.4 Å². The Hall–Kier alpha value is -6.04. The Labute approximate surface area is 496 Å². The van der Waals surface area contributed by atoms with Gasteiger partial charge < -0.3 is 14.7 Å². The van der Waals surface area contributed by atoms with Crippen molar-refractivity contribution in [2.24, 2.45) is 0 Å². The highest BCUT2D eigenvalue weighted by atomic mass is 32.1. The monoisotopic (exact) mass is 1100 g/mol. The van der Waals surface area contributed by atoms with Gasteiger partial charge in [-0.1, -0.05) is 183 Å². The minimum Gasteiger partial charge on any atom is -0.334 e. The second-order valence-corrected chi connectivity index (χ2v) is 32.6. The van der Waals surface area contributed by atoms with Crippen molar-refractivity contribution in [3.05, 3.63) is 172 Å². The predicted molar refractivity (Wildman–Crippen MR) is 357 cm³/mol. The van der Waals surface area contributed by atoms with E-state index >= 15 is 0 Å². The lowest BCUT2D eigenvalue weighted by atomic mass is 9.35. The average molecular weight is 1100 g/mol. The molecule has 3 nitrogen and oxygen atoms in total. The van der Waals surface area contributed by atoms with Crippen molar-refractivity contribution in [2.75, 3.05) is 14.7 Å². The summed E-state index contributed by atoms with van der Waals surface area (Å²) >= 11 is 2.05. The van der Waals surface area contributed by atoms with Crippen molar-refractivity contribution in [2.45, 2.75) is 213 Å². The van der Waals surface area contributed by atoms with Gasteiger partial charge >= 0.3 is 0 Å². The first kappa shape index (κ1) is 53.9. The summed E-state index contributed by atoms with van der Waals surface area (Å²) in [5, 5.41) is 1.36. The van der Waals surface area contributed by atoms with Gasteiger partial charge in [0.1, 0.15) is 0 Å². The number of aryl methyl sites for hydroxylation is 1. The van der Waals surface area contributed by atoms with Crippen molar-refractivity contribution in [3.8, 4) is 11.1 Å². The predicted octanol–water partition coefficient (Wildman–Crippen LogP) is 20.0. The number of fused-ring (bicyclic) bond motifs is 11. The number of hydrogen-bond donors (Lipinski definition) is 0. The second kappa shape index (κ2) is 17.5. The molecule has 2 atom stereocenters. The quantitative estimate of drug-likeness (QED) is 0.163. The molecule has 0 amide bonds. The number of rotatable bonds is 4. The zero-order valence-corrected chi connectivity index (χ0v) is 53.4. The first-order valence-corrected chi connectivity index (χ1v) is 32.1. The molecule has 1 fully saturated rings. The number of nitrogens with zero attached hydrogens (tertiary/aromatic N) is 3. The van der Waals surface area contributed by atoms with Crippen LogP contribution in [0.5, 0.6) is 0 Å². The van der Waals surface area contributed by atoms with Gasteiger partial charge in [0.25, 0.3) is 6.71 Å². The number of thiophene rings is 1. The van der Waals surface area contributed by atoms with Gasteiger partial charge in [0.2, 0.25) is 0 Å². The molecule has 0 N–H and O–H groups in total. The summed E-state index contributed by atoms with van der Waals surface area (Å²) in [4.78, 5) is 8.46. The Morgan fingerprint density at radius 1 is 0.451 bits per heavy atom. The molecule has 8 aromatic rings. The lowest BCUT2D eigenvalue weighted by molar-refractivity contribution is 0.195. The first-order valence-electron chi connectivity index (χ1n) is 31.3. The van der Waals surface area contributed by atoms with Crippen LogP contribution >= 0.6 is 11.3 Å². The molecule has 3 aliphatic heterocycles. The summed E-state index contributed by atoms with van der Waals surface area (Å²) in [7, 11) is 0. The van der Waals surface area contributed by atoms with E-state index in [9.17, 15) is 0 Å². The highest BCUT2D eigenvalue weighted by Crippen LogP contribution is 2.63. The van der Waals surface area contributed by atoms with E-state index in [1.807, 2.05) is 11.3 Å². The molecule has 2 unspecified atom stereocenters. The van der Waals surface area contributed by atoms with E-state index in [1.54, 1.807) is 0 Å². The maximum absolute atomic E-state index is 2.87. The maximum Gasteiger partial charge on any atom is 0.264 e. The van der Waals surface area contributed by atoms with Gasteiger partial charge in [0.15, 0.2) is 0 Å². The van der Waals surface area contributed by atoms with Crippen LogP contribution in [0.2, 0.25) is 0 Å². The van der Waals surface area contributed by atoms with Crippen LogP contribution in [0, 0.1) is 6.92 Å². The summed E-state index contributed by atoms with van der Waals surface area (Å²) in [5.41, 5.74) is 27.5. The molecule has 1 saturated carbocycles. The molecule has 0 spiro atoms. The number of anilines is 8. The molecule has 0 bridgehead atoms. The van der Waals surface area contributed by atoms with Crippen LogP contribution in [0.25, 0.3) is 21.2 Å². The SMILES string of the molecule is Cc1cc2c(cc1N1c3cc4c(cc3B3c5sc6ccc(C(C)(C)C)cc6c5N(c5ccc(C(C)(C)C)cc5)c5cc(N6c7ccc(-c8ccccc8)cc7C7(C)CCCCC67C)cc1c53)C(C)(C)CCC4(C)C)C(C)(C)CCC2(C)C. The van der Waals surface area contributed by atoms with Crippen LogP contribution in [0.3, 0.4) is 0 Å². The Kier molecular flexibility index (Phi) is 11.5. The molecular weight excluding hydrogens is 1010 g/mol. The molecule has 82 heavy (non-hydrogen) atoms. The highest BCUT2D eigenvalue weighted by molar-refractivity contribution is 7.33. The molecule has 420 valence electrons. The first-order chi connectivity index (χ1) is 38.5. The summed E-state index contributed by atoms with van der Waals surface area (Å²) in [6.45, 7) is 42.0. The molecule has 5 heteroatoms. The van der Waals surface area contributed by atoms with Gasteiger partial charge in [-0.3, -0.25) is 0 Å². The third-order valence-corrected chi connectivity index (χ3v) is 23.6. The van der Waals surface area contributed by atoms with Crippen molar-refractivity contribution in [1.82, 2.24) is 0 Å². The fourth-order valence-electron chi connectivity index (χ4n) is 16.7. The van der Waals surface area contributed by atoms with Crippen LogP contribution in [-0.4, -0.2) is 12.3 Å². The van der Waals surface area contributed by atoms with E-state index in [4.69, 9.17) is 0 Å². The minimum atomic E-state index is -0.178. The van der Waals surface area contributed by atoms with Crippen molar-refractivity contribution in [1.29, 1.82) is 0 Å². The standard InChI is InChI=1S/C77H88BN3S/c1-47-39-55-57(74(12,13)37-35-72(55,8)9)45-62(47)80-63-46-58-56(73(10,11)36-38-75(58,14)15)44-60(63)78-67-64(79(52-29-26-50(27-30-52)70(2,3)4)68-54-41-51(71(5,6)7)28-32-66(54)82-69(68)78)42-53(43-65(67)80)81-61-31-25-49(48-23-19-18-20-24-48)40-59(61)76(16)33-21-22-34-77(76,81)17/h18-20,23-32,39-46H,21-22,33-38H2,1-17H3. The molecule has 0 saturated heterocycles. The molecule has 0 radical (unpaired) electrons. The topological polar surface area (TPSA) is 9.72 Å². The molecular formula is C77H88BN3S. The third-order valence-electron chi connectivity index (χ3n) is 22.4. The fourth-order valence-corrected chi connectivity index (χ4v) is 18.0. The van der Waals surface area contributed by atoms with E-state index in [0.717, 1.165) is 12.8 Å². The Bertz CT molecular complexity index is 3970. The number of hydrogen-bond acceptors (Lipinski definition) is 4. The Morgan fingerprint density at radius 3 is 1.63 bits per heavy atom. The Morgan fingerprint density at radius 2 is 1.01 bits per heavy atom. The largest absolute Gasteiger partial charge is 0.334 e. The zero-order valence-electron chi connectivity index (χ0n) is 52.6. The van der Waals surface area contributed by atoms with Crippen LogP contribution in [0.1, 0.15) is 207 Å². The smallest absolute Gasteiger partial charge is 0.264 e. The van der Waals surface area contributed by atoms with Gasteiger partial charge in [0.05, 0.1) is 11.2 Å². The molecule has 4 heterocycles. The summed E-state index contributed by atoms with van der Waals surface area (Å²) < 4.78 is 2.81. The van der Waals surface area contributed by atoms with E-state index in [-0.39, 0.29) is 50.2 Å². The van der Waals surface area contributed by atoms with Gasteiger partial charge in [-0.25, -0.2) is 0 Å². The average Bonchev–Trinajstić information content (AvgIpc) is 1.58. The zero-order chi connectivity index (χ0) is 57.8. The van der Waals surface area contributed by atoms with Gasteiger partial charge in [-0.15, -0.1) is 11.3 Å². The third kappa shape index (κ3) is 7.71. The summed E-state index contributed by atoms with van der Waals surface area (Å²) in [6.07, 6.45) is 9.43.